The van der Waals surface area contributed by atoms with Gasteiger partial charge in [-0.25, -0.2) is 0 Å². The largest absolute Gasteiger partial charge is 0.378 e. The van der Waals surface area contributed by atoms with Gasteiger partial charge in [0.25, 0.3) is 0 Å². The minimum Gasteiger partial charge on any atom is -0.378 e. The molecule has 0 aromatic rings. The molecule has 0 aromatic heterocycles. The molecule has 3 atom stereocenters. The second kappa shape index (κ2) is 9.37. The SMILES string of the molecule is CCCCC(CC)COC1CCC(C#N)(NCCC)C1. The molecule has 0 bridgehead atoms. The normalized spacial score (nSPS) is 27.4. The summed E-state index contributed by atoms with van der Waals surface area (Å²) in [6.07, 6.45) is 9.19. The van der Waals surface area contributed by atoms with Crippen LogP contribution < -0.4 is 5.32 Å². The summed E-state index contributed by atoms with van der Waals surface area (Å²) in [6, 6.07) is 2.49. The maximum absolute atomic E-state index is 9.43. The van der Waals surface area contributed by atoms with Gasteiger partial charge in [0, 0.05) is 13.0 Å². The van der Waals surface area contributed by atoms with Crippen LogP contribution in [0.15, 0.2) is 0 Å². The molecule has 0 aromatic carbocycles. The van der Waals surface area contributed by atoms with E-state index in [0.717, 1.165) is 38.8 Å². The Morgan fingerprint density at radius 3 is 2.75 bits per heavy atom. The van der Waals surface area contributed by atoms with E-state index in [1.54, 1.807) is 0 Å². The summed E-state index contributed by atoms with van der Waals surface area (Å²) in [4.78, 5) is 0. The molecule has 0 spiro atoms. The molecule has 0 aliphatic heterocycles. The van der Waals surface area contributed by atoms with E-state index in [1.807, 2.05) is 0 Å². The third kappa shape index (κ3) is 5.42. The Labute approximate surface area is 125 Å². The Bertz CT molecular complexity index is 300. The lowest BCUT2D eigenvalue weighted by Crippen LogP contribution is -2.42. The fraction of sp³-hybridized carbons (Fsp3) is 0.941. The van der Waals surface area contributed by atoms with Crippen molar-refractivity contribution in [3.05, 3.63) is 0 Å². The summed E-state index contributed by atoms with van der Waals surface area (Å²) in [5.41, 5.74) is -0.328. The molecule has 3 unspecified atom stereocenters. The van der Waals surface area contributed by atoms with E-state index in [9.17, 15) is 5.26 Å². The van der Waals surface area contributed by atoms with Crippen LogP contribution in [0.1, 0.15) is 72.1 Å². The molecule has 0 heterocycles. The van der Waals surface area contributed by atoms with Gasteiger partial charge in [0.2, 0.25) is 0 Å². The van der Waals surface area contributed by atoms with Crippen molar-refractivity contribution in [1.82, 2.24) is 5.32 Å². The summed E-state index contributed by atoms with van der Waals surface area (Å²) in [6.45, 7) is 8.43. The van der Waals surface area contributed by atoms with Gasteiger partial charge in [0.15, 0.2) is 0 Å². The zero-order chi connectivity index (χ0) is 14.8. The van der Waals surface area contributed by atoms with Crippen molar-refractivity contribution in [2.75, 3.05) is 13.2 Å². The highest BCUT2D eigenvalue weighted by Gasteiger charge is 2.39. The molecule has 20 heavy (non-hydrogen) atoms. The van der Waals surface area contributed by atoms with Crippen molar-refractivity contribution in [1.29, 1.82) is 5.26 Å². The predicted octanol–water partition coefficient (Wildman–Crippen LogP) is 4.03. The average molecular weight is 280 g/mol. The molecular formula is C17H32N2O. The molecule has 0 radical (unpaired) electrons. The first-order chi connectivity index (χ1) is 9.69. The van der Waals surface area contributed by atoms with Crippen molar-refractivity contribution in [3.63, 3.8) is 0 Å². The molecule has 1 rings (SSSR count). The van der Waals surface area contributed by atoms with Gasteiger partial charge in [-0.05, 0) is 38.1 Å². The highest BCUT2D eigenvalue weighted by atomic mass is 16.5. The second-order valence-corrected chi connectivity index (χ2v) is 6.24. The Hall–Kier alpha value is -0.590. The Morgan fingerprint density at radius 2 is 2.15 bits per heavy atom. The Kier molecular flexibility index (Phi) is 8.18. The van der Waals surface area contributed by atoms with Gasteiger partial charge in [-0.3, -0.25) is 5.32 Å². The first-order valence-corrected chi connectivity index (χ1v) is 8.47. The van der Waals surface area contributed by atoms with Crippen molar-refractivity contribution >= 4 is 0 Å². The van der Waals surface area contributed by atoms with Crippen LogP contribution in [0.2, 0.25) is 0 Å². The van der Waals surface area contributed by atoms with Gasteiger partial charge in [-0.1, -0.05) is 40.0 Å². The maximum atomic E-state index is 9.43. The molecule has 0 amide bonds. The van der Waals surface area contributed by atoms with Gasteiger partial charge in [-0.15, -0.1) is 0 Å². The highest BCUT2D eigenvalue weighted by Crippen LogP contribution is 2.32. The Morgan fingerprint density at radius 1 is 1.35 bits per heavy atom. The zero-order valence-electron chi connectivity index (χ0n) is 13.6. The highest BCUT2D eigenvalue weighted by molar-refractivity contribution is 5.12. The van der Waals surface area contributed by atoms with E-state index in [1.165, 1.54) is 25.7 Å². The molecule has 116 valence electrons. The molecule has 1 fully saturated rings. The molecule has 1 aliphatic rings. The quantitative estimate of drug-likeness (QED) is 0.657. The van der Waals surface area contributed by atoms with Crippen LogP contribution in [0.25, 0.3) is 0 Å². The van der Waals surface area contributed by atoms with Crippen LogP contribution in [0.3, 0.4) is 0 Å². The van der Waals surface area contributed by atoms with Crippen LogP contribution in [0.5, 0.6) is 0 Å². The van der Waals surface area contributed by atoms with Gasteiger partial charge < -0.3 is 4.74 Å². The lowest BCUT2D eigenvalue weighted by molar-refractivity contribution is 0.0272. The van der Waals surface area contributed by atoms with Crippen molar-refractivity contribution in [2.45, 2.75) is 83.8 Å². The van der Waals surface area contributed by atoms with Gasteiger partial charge in [-0.2, -0.15) is 5.26 Å². The fourth-order valence-corrected chi connectivity index (χ4v) is 2.98. The number of unbranched alkanes of at least 4 members (excludes halogenated alkanes) is 1. The minimum absolute atomic E-state index is 0.273. The first-order valence-electron chi connectivity index (χ1n) is 8.47. The summed E-state index contributed by atoms with van der Waals surface area (Å²) in [5, 5.41) is 12.9. The lowest BCUT2D eigenvalue weighted by atomic mass is 9.99. The van der Waals surface area contributed by atoms with Crippen molar-refractivity contribution in [2.24, 2.45) is 5.92 Å². The number of hydrogen-bond acceptors (Lipinski definition) is 3. The third-order valence-electron chi connectivity index (χ3n) is 4.51. The van der Waals surface area contributed by atoms with E-state index >= 15 is 0 Å². The summed E-state index contributed by atoms with van der Waals surface area (Å²) >= 11 is 0. The molecule has 0 saturated heterocycles. The van der Waals surface area contributed by atoms with Gasteiger partial charge in [0.1, 0.15) is 5.54 Å². The zero-order valence-corrected chi connectivity index (χ0v) is 13.6. The molecular weight excluding hydrogens is 248 g/mol. The molecule has 1 N–H and O–H groups in total. The van der Waals surface area contributed by atoms with Crippen molar-refractivity contribution in [3.8, 4) is 6.07 Å². The van der Waals surface area contributed by atoms with E-state index in [0.29, 0.717) is 5.92 Å². The standard InChI is InChI=1S/C17H32N2O/c1-4-7-8-15(6-3)13-20-16-9-10-17(12-16,14-18)19-11-5-2/h15-16,19H,4-13H2,1-3H3. The maximum Gasteiger partial charge on any atom is 0.109 e. The van der Waals surface area contributed by atoms with Crippen LogP contribution >= 0.6 is 0 Å². The van der Waals surface area contributed by atoms with E-state index in [4.69, 9.17) is 4.74 Å². The first kappa shape index (κ1) is 17.5. The summed E-state index contributed by atoms with van der Waals surface area (Å²) in [7, 11) is 0. The van der Waals surface area contributed by atoms with Crippen LogP contribution in [-0.2, 0) is 4.74 Å². The molecule has 1 saturated carbocycles. The lowest BCUT2D eigenvalue weighted by Gasteiger charge is -2.23. The van der Waals surface area contributed by atoms with Gasteiger partial charge in [0.05, 0.1) is 12.2 Å². The monoisotopic (exact) mass is 280 g/mol. The molecule has 1 aliphatic carbocycles. The molecule has 3 nitrogen and oxygen atoms in total. The third-order valence-corrected chi connectivity index (χ3v) is 4.51. The van der Waals surface area contributed by atoms with E-state index in [-0.39, 0.29) is 11.6 Å². The second-order valence-electron chi connectivity index (χ2n) is 6.24. The molecule has 3 heteroatoms. The van der Waals surface area contributed by atoms with Crippen LogP contribution in [0, 0.1) is 17.2 Å². The number of rotatable bonds is 10. The van der Waals surface area contributed by atoms with E-state index in [2.05, 4.69) is 32.2 Å². The van der Waals surface area contributed by atoms with E-state index < -0.39 is 0 Å². The number of nitriles is 1. The van der Waals surface area contributed by atoms with Crippen LogP contribution in [0.4, 0.5) is 0 Å². The Balaban J connectivity index is 2.34. The topological polar surface area (TPSA) is 45.0 Å². The summed E-state index contributed by atoms with van der Waals surface area (Å²) < 4.78 is 6.10. The number of nitrogens with one attached hydrogen (secondary N) is 1. The van der Waals surface area contributed by atoms with Gasteiger partial charge >= 0.3 is 0 Å². The smallest absolute Gasteiger partial charge is 0.109 e. The predicted molar refractivity (Wildman–Crippen MR) is 83.5 cm³/mol. The summed E-state index contributed by atoms with van der Waals surface area (Å²) in [5.74, 6) is 0.690. The fourth-order valence-electron chi connectivity index (χ4n) is 2.98. The van der Waals surface area contributed by atoms with Crippen LogP contribution in [-0.4, -0.2) is 24.8 Å². The average Bonchev–Trinajstić information content (AvgIpc) is 2.89. The minimum atomic E-state index is -0.328. The number of ether oxygens (including phenoxy) is 1. The number of nitrogens with zero attached hydrogens (tertiary/aromatic N) is 1. The van der Waals surface area contributed by atoms with Crippen molar-refractivity contribution < 1.29 is 4.74 Å². The number of hydrogen-bond donors (Lipinski definition) is 1.